The highest BCUT2D eigenvalue weighted by Gasteiger charge is 2.26. The van der Waals surface area contributed by atoms with E-state index in [0.29, 0.717) is 18.7 Å². The van der Waals surface area contributed by atoms with Crippen LogP contribution in [0.1, 0.15) is 43.5 Å². The molecule has 186 valence electrons. The summed E-state index contributed by atoms with van der Waals surface area (Å²) in [6.07, 6.45) is 2.69. The first-order valence-electron chi connectivity index (χ1n) is 11.2. The van der Waals surface area contributed by atoms with Crippen LogP contribution < -0.4 is 5.32 Å². The first-order chi connectivity index (χ1) is 16.6. The second kappa shape index (κ2) is 9.88. The Morgan fingerprint density at radius 1 is 0.943 bits per heavy atom. The van der Waals surface area contributed by atoms with E-state index in [-0.39, 0.29) is 27.3 Å². The van der Waals surface area contributed by atoms with Crippen molar-refractivity contribution in [2.24, 2.45) is 0 Å². The van der Waals surface area contributed by atoms with E-state index < -0.39 is 31.0 Å². The van der Waals surface area contributed by atoms with Crippen molar-refractivity contribution in [1.29, 1.82) is 0 Å². The molecule has 3 aromatic rings. The number of carbonyl (C=O) groups excluding carboxylic acids is 1. The van der Waals surface area contributed by atoms with Crippen LogP contribution in [0, 0.1) is 0 Å². The minimum Gasteiger partial charge on any atom is -0.403 e. The first kappa shape index (κ1) is 25.0. The van der Waals surface area contributed by atoms with Gasteiger partial charge in [0.1, 0.15) is 0 Å². The highest BCUT2D eigenvalue weighted by atomic mass is 32.2. The van der Waals surface area contributed by atoms with E-state index in [1.165, 1.54) is 40.7 Å². The van der Waals surface area contributed by atoms with Crippen molar-refractivity contribution in [2.45, 2.75) is 48.2 Å². The molecule has 1 N–H and O–H groups in total. The van der Waals surface area contributed by atoms with Crippen LogP contribution in [0.2, 0.25) is 0 Å². The number of sulfonamides is 1. The molecule has 0 unspecified atom stereocenters. The molecule has 0 saturated carbocycles. The maximum absolute atomic E-state index is 12.8. The second-order valence-corrected chi connectivity index (χ2v) is 12.9. The van der Waals surface area contributed by atoms with Crippen LogP contribution in [0.15, 0.2) is 62.7 Å². The van der Waals surface area contributed by atoms with E-state index in [9.17, 15) is 21.6 Å². The number of hydrogen-bond acceptors (Lipinski definition) is 8. The number of carbonyl (C=O) groups is 1. The molecule has 1 amide bonds. The summed E-state index contributed by atoms with van der Waals surface area (Å²) in [5.41, 5.74) is 0.611. The Morgan fingerprint density at radius 2 is 1.63 bits per heavy atom. The van der Waals surface area contributed by atoms with Gasteiger partial charge in [0, 0.05) is 24.2 Å². The summed E-state index contributed by atoms with van der Waals surface area (Å²) in [5.74, 6) is -0.512. The van der Waals surface area contributed by atoms with Gasteiger partial charge in [-0.3, -0.25) is 10.1 Å². The summed E-state index contributed by atoms with van der Waals surface area (Å²) >= 11 is 0. The smallest absolute Gasteiger partial charge is 0.322 e. The van der Waals surface area contributed by atoms with Crippen LogP contribution in [-0.4, -0.2) is 55.6 Å². The largest absolute Gasteiger partial charge is 0.403 e. The number of anilines is 1. The molecule has 4 rings (SSSR count). The molecule has 1 aromatic heterocycles. The van der Waals surface area contributed by atoms with Gasteiger partial charge in [-0.25, -0.2) is 16.8 Å². The Balaban J connectivity index is 1.47. The van der Waals surface area contributed by atoms with Crippen LogP contribution in [0.4, 0.5) is 6.01 Å². The van der Waals surface area contributed by atoms with Crippen LogP contribution in [0.5, 0.6) is 0 Å². The number of nitrogens with one attached hydrogen (secondary N) is 1. The van der Waals surface area contributed by atoms with Crippen LogP contribution >= 0.6 is 0 Å². The molecule has 0 spiro atoms. The normalized spacial score (nSPS) is 15.3. The Kier molecular flexibility index (Phi) is 7.06. The van der Waals surface area contributed by atoms with E-state index in [2.05, 4.69) is 15.5 Å². The molecule has 0 radical (unpaired) electrons. The summed E-state index contributed by atoms with van der Waals surface area (Å²) in [6.45, 7) is 4.18. The third-order valence-corrected chi connectivity index (χ3v) is 9.81. The molecular formula is C23H26N4O6S2. The molecule has 12 heteroatoms. The average molecular weight is 519 g/mol. The highest BCUT2D eigenvalue weighted by Crippen LogP contribution is 2.25. The lowest BCUT2D eigenvalue weighted by molar-refractivity contribution is 0.102. The minimum atomic E-state index is -3.59. The summed E-state index contributed by atoms with van der Waals surface area (Å²) in [7, 11) is -7.07. The fraction of sp³-hybridized carbons (Fsp3) is 0.348. The number of benzene rings is 2. The van der Waals surface area contributed by atoms with Gasteiger partial charge in [0.15, 0.2) is 9.84 Å². The fourth-order valence-electron chi connectivity index (χ4n) is 3.67. The van der Waals surface area contributed by atoms with E-state index in [0.717, 1.165) is 19.3 Å². The number of nitrogens with zero attached hydrogens (tertiary/aromatic N) is 3. The van der Waals surface area contributed by atoms with Crippen molar-refractivity contribution in [3.05, 3.63) is 54.1 Å². The summed E-state index contributed by atoms with van der Waals surface area (Å²) in [5, 5.41) is 9.58. The van der Waals surface area contributed by atoms with Crippen molar-refractivity contribution in [3.63, 3.8) is 0 Å². The van der Waals surface area contributed by atoms with Gasteiger partial charge in [0.2, 0.25) is 15.9 Å². The predicted molar refractivity (Wildman–Crippen MR) is 129 cm³/mol. The SMILES string of the molecule is CC(C)S(=O)(=O)c1cccc(-c2nnc(NC(=O)c3ccc(S(=O)(=O)N4CCCCC4)cc3)o2)c1. The summed E-state index contributed by atoms with van der Waals surface area (Å²) < 4.78 is 57.4. The van der Waals surface area contributed by atoms with Crippen LogP contribution in [0.25, 0.3) is 11.5 Å². The zero-order valence-corrected chi connectivity index (χ0v) is 21.0. The van der Waals surface area contributed by atoms with Gasteiger partial charge in [-0.1, -0.05) is 17.6 Å². The first-order valence-corrected chi connectivity index (χ1v) is 14.2. The maximum atomic E-state index is 12.8. The lowest BCUT2D eigenvalue weighted by Crippen LogP contribution is -2.35. The van der Waals surface area contributed by atoms with E-state index in [4.69, 9.17) is 4.42 Å². The molecule has 1 aliphatic rings. The number of amides is 1. The number of rotatable bonds is 7. The van der Waals surface area contributed by atoms with Gasteiger partial charge in [0.25, 0.3) is 5.91 Å². The molecule has 1 fully saturated rings. The van der Waals surface area contributed by atoms with Crippen molar-refractivity contribution in [1.82, 2.24) is 14.5 Å². The van der Waals surface area contributed by atoms with Crippen LogP contribution in [-0.2, 0) is 19.9 Å². The minimum absolute atomic E-state index is 0.0454. The lowest BCUT2D eigenvalue weighted by Gasteiger charge is -2.25. The summed E-state index contributed by atoms with van der Waals surface area (Å²) in [4.78, 5) is 12.9. The third-order valence-electron chi connectivity index (χ3n) is 5.74. The Hall–Kier alpha value is -3.09. The Morgan fingerprint density at radius 3 is 2.29 bits per heavy atom. The van der Waals surface area contributed by atoms with E-state index >= 15 is 0 Å². The quantitative estimate of drug-likeness (QED) is 0.502. The van der Waals surface area contributed by atoms with Gasteiger partial charge in [-0.15, -0.1) is 5.10 Å². The zero-order chi connectivity index (χ0) is 25.2. The zero-order valence-electron chi connectivity index (χ0n) is 19.3. The monoisotopic (exact) mass is 518 g/mol. The topological polar surface area (TPSA) is 140 Å². The molecule has 0 aliphatic carbocycles. The van der Waals surface area contributed by atoms with Crippen molar-refractivity contribution in [2.75, 3.05) is 18.4 Å². The second-order valence-electron chi connectivity index (χ2n) is 8.48. The molecule has 10 nitrogen and oxygen atoms in total. The van der Waals surface area contributed by atoms with Gasteiger partial charge in [-0.05, 0) is 69.2 Å². The number of sulfone groups is 1. The molecule has 1 saturated heterocycles. The van der Waals surface area contributed by atoms with Crippen molar-refractivity contribution < 1.29 is 26.0 Å². The lowest BCUT2D eigenvalue weighted by atomic mass is 10.2. The number of hydrogen-bond donors (Lipinski definition) is 1. The average Bonchev–Trinajstić information content (AvgIpc) is 3.33. The van der Waals surface area contributed by atoms with Crippen molar-refractivity contribution >= 4 is 31.8 Å². The number of piperidine rings is 1. The molecular weight excluding hydrogens is 492 g/mol. The fourth-order valence-corrected chi connectivity index (χ4v) is 6.29. The van der Waals surface area contributed by atoms with Crippen molar-refractivity contribution in [3.8, 4) is 11.5 Å². The molecule has 35 heavy (non-hydrogen) atoms. The van der Waals surface area contributed by atoms with Gasteiger partial charge in [0.05, 0.1) is 15.0 Å². The Labute approximate surface area is 204 Å². The molecule has 0 bridgehead atoms. The van der Waals surface area contributed by atoms with Crippen LogP contribution in [0.3, 0.4) is 0 Å². The molecule has 2 heterocycles. The molecule has 2 aromatic carbocycles. The van der Waals surface area contributed by atoms with Gasteiger partial charge in [-0.2, -0.15) is 4.31 Å². The summed E-state index contributed by atoms with van der Waals surface area (Å²) in [6, 6.07) is 11.6. The maximum Gasteiger partial charge on any atom is 0.322 e. The van der Waals surface area contributed by atoms with Gasteiger partial charge < -0.3 is 4.42 Å². The van der Waals surface area contributed by atoms with Gasteiger partial charge >= 0.3 is 6.01 Å². The van der Waals surface area contributed by atoms with E-state index in [1.54, 1.807) is 26.0 Å². The number of aromatic nitrogens is 2. The standard InChI is InChI=1S/C23H26N4O6S2/c1-16(2)34(29,30)20-8-6-7-18(15-20)22-25-26-23(33-22)24-21(28)17-9-11-19(12-10-17)35(31,32)27-13-4-3-5-14-27/h6-12,15-16H,3-5,13-14H2,1-2H3,(H,24,26,28). The Bertz CT molecular complexity index is 1420. The molecule has 1 aliphatic heterocycles. The predicted octanol–water partition coefficient (Wildman–Crippen LogP) is 3.35. The highest BCUT2D eigenvalue weighted by molar-refractivity contribution is 7.92. The molecule has 0 atom stereocenters. The third kappa shape index (κ3) is 5.29. The van der Waals surface area contributed by atoms with E-state index in [1.807, 2.05) is 0 Å².